The molecule has 2 rings (SSSR count). The molecule has 1 aliphatic carbocycles. The molecule has 1 heterocycles. The largest absolute Gasteiger partial charge is 0.311 e. The lowest BCUT2D eigenvalue weighted by atomic mass is 10.0. The minimum atomic E-state index is 0.723. The Morgan fingerprint density at radius 1 is 1.35 bits per heavy atom. The molecule has 17 heavy (non-hydrogen) atoms. The standard InChI is InChI=1S/C15H28N2/c1-4-5-14-11-17(9-8-12(2)3)15(10-16-14)13-6-7-13/h8,13-16H,4-7,9-11H2,1-3H3. The summed E-state index contributed by atoms with van der Waals surface area (Å²) in [5, 5.41) is 3.75. The van der Waals surface area contributed by atoms with Crippen LogP contribution in [0.25, 0.3) is 0 Å². The van der Waals surface area contributed by atoms with Crippen molar-refractivity contribution in [2.45, 2.75) is 58.5 Å². The molecule has 1 N–H and O–H groups in total. The second-order valence-corrected chi connectivity index (χ2v) is 6.03. The van der Waals surface area contributed by atoms with Crippen molar-refractivity contribution in [3.05, 3.63) is 11.6 Å². The van der Waals surface area contributed by atoms with E-state index in [1.807, 2.05) is 0 Å². The van der Waals surface area contributed by atoms with Crippen molar-refractivity contribution in [2.24, 2.45) is 5.92 Å². The summed E-state index contributed by atoms with van der Waals surface area (Å²) in [6.45, 7) is 10.3. The molecule has 0 aromatic heterocycles. The van der Waals surface area contributed by atoms with E-state index in [-0.39, 0.29) is 0 Å². The van der Waals surface area contributed by atoms with Crippen LogP contribution in [0.5, 0.6) is 0 Å². The maximum atomic E-state index is 3.75. The van der Waals surface area contributed by atoms with Gasteiger partial charge in [-0.2, -0.15) is 0 Å². The fourth-order valence-electron chi connectivity index (χ4n) is 2.90. The summed E-state index contributed by atoms with van der Waals surface area (Å²) in [7, 11) is 0. The van der Waals surface area contributed by atoms with Gasteiger partial charge in [0.05, 0.1) is 0 Å². The van der Waals surface area contributed by atoms with Gasteiger partial charge in [-0.15, -0.1) is 0 Å². The highest BCUT2D eigenvalue weighted by Gasteiger charge is 2.37. The second kappa shape index (κ2) is 6.01. The highest BCUT2D eigenvalue weighted by molar-refractivity contribution is 5.00. The summed E-state index contributed by atoms with van der Waals surface area (Å²) in [4.78, 5) is 2.72. The van der Waals surface area contributed by atoms with Gasteiger partial charge < -0.3 is 5.32 Å². The summed E-state index contributed by atoms with van der Waals surface area (Å²) in [5.41, 5.74) is 1.45. The molecule has 0 bridgehead atoms. The van der Waals surface area contributed by atoms with Crippen LogP contribution < -0.4 is 5.32 Å². The lowest BCUT2D eigenvalue weighted by Crippen LogP contribution is -2.57. The van der Waals surface area contributed by atoms with E-state index in [9.17, 15) is 0 Å². The van der Waals surface area contributed by atoms with E-state index in [0.717, 1.165) is 24.5 Å². The Labute approximate surface area is 106 Å². The van der Waals surface area contributed by atoms with E-state index in [1.165, 1.54) is 44.3 Å². The van der Waals surface area contributed by atoms with E-state index in [0.29, 0.717) is 0 Å². The number of allylic oxidation sites excluding steroid dienone is 1. The van der Waals surface area contributed by atoms with Gasteiger partial charge >= 0.3 is 0 Å². The quantitative estimate of drug-likeness (QED) is 0.738. The molecule has 2 aliphatic rings. The summed E-state index contributed by atoms with van der Waals surface area (Å²) >= 11 is 0. The number of rotatable bonds is 5. The van der Waals surface area contributed by atoms with Crippen molar-refractivity contribution in [1.29, 1.82) is 0 Å². The minimum absolute atomic E-state index is 0.723. The molecule has 2 fully saturated rings. The van der Waals surface area contributed by atoms with Crippen molar-refractivity contribution >= 4 is 0 Å². The predicted molar refractivity (Wildman–Crippen MR) is 74.2 cm³/mol. The van der Waals surface area contributed by atoms with Gasteiger partial charge in [0.25, 0.3) is 0 Å². The van der Waals surface area contributed by atoms with Crippen LogP contribution in [0.4, 0.5) is 0 Å². The number of piperazine rings is 1. The molecule has 2 nitrogen and oxygen atoms in total. The molecule has 1 aliphatic heterocycles. The zero-order valence-electron chi connectivity index (χ0n) is 11.7. The Morgan fingerprint density at radius 2 is 2.12 bits per heavy atom. The topological polar surface area (TPSA) is 15.3 Å². The molecule has 2 heteroatoms. The van der Waals surface area contributed by atoms with Crippen molar-refractivity contribution in [3.8, 4) is 0 Å². The smallest absolute Gasteiger partial charge is 0.0252 e. The van der Waals surface area contributed by atoms with Crippen LogP contribution in [0.15, 0.2) is 11.6 Å². The Morgan fingerprint density at radius 3 is 2.71 bits per heavy atom. The second-order valence-electron chi connectivity index (χ2n) is 6.03. The van der Waals surface area contributed by atoms with Gasteiger partial charge in [-0.3, -0.25) is 4.90 Å². The van der Waals surface area contributed by atoms with Crippen LogP contribution in [-0.4, -0.2) is 36.6 Å². The molecule has 2 unspecified atom stereocenters. The number of hydrogen-bond acceptors (Lipinski definition) is 2. The van der Waals surface area contributed by atoms with Crippen molar-refractivity contribution < 1.29 is 0 Å². The fraction of sp³-hybridized carbons (Fsp3) is 0.867. The maximum absolute atomic E-state index is 3.75. The zero-order chi connectivity index (χ0) is 12.3. The summed E-state index contributed by atoms with van der Waals surface area (Å²) in [5.74, 6) is 0.982. The van der Waals surface area contributed by atoms with Gasteiger partial charge in [-0.1, -0.05) is 25.0 Å². The zero-order valence-corrected chi connectivity index (χ0v) is 11.7. The average Bonchev–Trinajstić information content (AvgIpc) is 3.11. The molecule has 2 atom stereocenters. The van der Waals surface area contributed by atoms with Crippen LogP contribution >= 0.6 is 0 Å². The monoisotopic (exact) mass is 236 g/mol. The number of nitrogens with one attached hydrogen (secondary N) is 1. The first-order valence-corrected chi connectivity index (χ1v) is 7.31. The highest BCUT2D eigenvalue weighted by atomic mass is 15.2. The van der Waals surface area contributed by atoms with Gasteiger partial charge in [0.2, 0.25) is 0 Å². The van der Waals surface area contributed by atoms with Crippen LogP contribution in [0, 0.1) is 5.92 Å². The molecule has 0 radical (unpaired) electrons. The highest BCUT2D eigenvalue weighted by Crippen LogP contribution is 2.36. The first-order valence-electron chi connectivity index (χ1n) is 7.31. The van der Waals surface area contributed by atoms with E-state index in [2.05, 4.69) is 37.1 Å². The molecule has 98 valence electrons. The van der Waals surface area contributed by atoms with Crippen LogP contribution in [0.1, 0.15) is 46.5 Å². The van der Waals surface area contributed by atoms with Crippen LogP contribution in [0.2, 0.25) is 0 Å². The predicted octanol–water partition coefficient (Wildman–Crippen LogP) is 2.81. The van der Waals surface area contributed by atoms with Crippen LogP contribution in [-0.2, 0) is 0 Å². The Hall–Kier alpha value is -0.340. The molecule has 1 saturated heterocycles. The Balaban J connectivity index is 1.91. The van der Waals surface area contributed by atoms with Gasteiger partial charge in [-0.05, 0) is 39.0 Å². The van der Waals surface area contributed by atoms with Crippen LogP contribution in [0.3, 0.4) is 0 Å². The third-order valence-corrected chi connectivity index (χ3v) is 4.08. The van der Waals surface area contributed by atoms with Gasteiger partial charge in [0.15, 0.2) is 0 Å². The molecule has 0 amide bonds. The van der Waals surface area contributed by atoms with Gasteiger partial charge in [-0.25, -0.2) is 0 Å². The fourth-order valence-corrected chi connectivity index (χ4v) is 2.90. The maximum Gasteiger partial charge on any atom is 0.0252 e. The first kappa shape index (κ1) is 13.1. The SMILES string of the molecule is CCCC1CN(CC=C(C)C)C(C2CC2)CN1. The lowest BCUT2D eigenvalue weighted by Gasteiger charge is -2.40. The molecular weight excluding hydrogens is 208 g/mol. The number of hydrogen-bond donors (Lipinski definition) is 1. The van der Waals surface area contributed by atoms with E-state index in [4.69, 9.17) is 0 Å². The first-order chi connectivity index (χ1) is 8.20. The third-order valence-electron chi connectivity index (χ3n) is 4.08. The summed E-state index contributed by atoms with van der Waals surface area (Å²) in [6, 6.07) is 1.53. The van der Waals surface area contributed by atoms with Crippen molar-refractivity contribution in [3.63, 3.8) is 0 Å². The third kappa shape index (κ3) is 3.82. The van der Waals surface area contributed by atoms with Gasteiger partial charge in [0, 0.05) is 31.7 Å². The average molecular weight is 236 g/mol. The molecular formula is C15H28N2. The van der Waals surface area contributed by atoms with Gasteiger partial charge in [0.1, 0.15) is 0 Å². The molecule has 0 aromatic carbocycles. The normalized spacial score (nSPS) is 30.3. The van der Waals surface area contributed by atoms with Crippen molar-refractivity contribution in [2.75, 3.05) is 19.6 Å². The van der Waals surface area contributed by atoms with E-state index in [1.54, 1.807) is 0 Å². The molecule has 0 aromatic rings. The van der Waals surface area contributed by atoms with E-state index < -0.39 is 0 Å². The van der Waals surface area contributed by atoms with E-state index >= 15 is 0 Å². The summed E-state index contributed by atoms with van der Waals surface area (Å²) in [6.07, 6.45) is 7.92. The minimum Gasteiger partial charge on any atom is -0.311 e. The molecule has 1 saturated carbocycles. The summed E-state index contributed by atoms with van der Waals surface area (Å²) < 4.78 is 0. The Bertz CT molecular complexity index is 264. The Kier molecular flexibility index (Phi) is 4.63. The lowest BCUT2D eigenvalue weighted by molar-refractivity contribution is 0.125. The van der Waals surface area contributed by atoms with Crippen molar-refractivity contribution in [1.82, 2.24) is 10.2 Å². The number of nitrogens with zero attached hydrogens (tertiary/aromatic N) is 1. The molecule has 0 spiro atoms.